The van der Waals surface area contributed by atoms with Crippen LogP contribution in [0.5, 0.6) is 0 Å². The Morgan fingerprint density at radius 1 is 1.03 bits per heavy atom. The third kappa shape index (κ3) is 4.90. The van der Waals surface area contributed by atoms with E-state index in [1.165, 1.54) is 6.07 Å². The van der Waals surface area contributed by atoms with Gasteiger partial charge < -0.3 is 5.32 Å². The summed E-state index contributed by atoms with van der Waals surface area (Å²) in [4.78, 5) is 31.1. The van der Waals surface area contributed by atoms with E-state index in [1.807, 2.05) is 24.4 Å². The minimum absolute atomic E-state index is 0.0225. The standard InChI is InChI=1S/C26H25N5O3S/c1-3-35(33,34)25-10-18(5-4-16(25)2)26(32)29-13-20-11-22-19(12-28-20)8-9-21(30-22)24-15-27-14-23(31-24)17-6-7-17/h4-5,8-12,14-15,17H,3,6-7,13H2,1-2H3,(H,29,32). The molecule has 1 saturated carbocycles. The van der Waals surface area contributed by atoms with Crippen molar-refractivity contribution in [1.29, 1.82) is 0 Å². The highest BCUT2D eigenvalue weighted by atomic mass is 32.2. The fourth-order valence-electron chi connectivity index (χ4n) is 3.88. The second-order valence-electron chi connectivity index (χ2n) is 8.73. The van der Waals surface area contributed by atoms with Crippen molar-refractivity contribution in [2.45, 2.75) is 44.0 Å². The molecule has 0 unspecified atom stereocenters. The Kier molecular flexibility index (Phi) is 6.02. The molecule has 0 saturated heterocycles. The molecule has 1 aliphatic rings. The molecule has 178 valence electrons. The lowest BCUT2D eigenvalue weighted by atomic mass is 10.1. The molecule has 0 atom stereocenters. The largest absolute Gasteiger partial charge is 0.346 e. The van der Waals surface area contributed by atoms with Crippen LogP contribution < -0.4 is 5.32 Å². The Morgan fingerprint density at radius 2 is 1.86 bits per heavy atom. The number of sulfone groups is 1. The molecule has 1 fully saturated rings. The predicted molar refractivity (Wildman–Crippen MR) is 133 cm³/mol. The van der Waals surface area contributed by atoms with Crippen LogP contribution in [0.25, 0.3) is 22.3 Å². The Bertz CT molecular complexity index is 1550. The topological polar surface area (TPSA) is 115 Å². The number of amides is 1. The number of carbonyl (C=O) groups is 1. The first-order chi connectivity index (χ1) is 16.8. The lowest BCUT2D eigenvalue weighted by molar-refractivity contribution is 0.0950. The molecule has 0 aliphatic heterocycles. The molecule has 3 heterocycles. The highest BCUT2D eigenvalue weighted by Gasteiger charge is 2.25. The Balaban J connectivity index is 1.35. The number of nitrogens with zero attached hydrogens (tertiary/aromatic N) is 4. The van der Waals surface area contributed by atoms with E-state index in [-0.39, 0.29) is 28.7 Å². The molecule has 4 aromatic rings. The van der Waals surface area contributed by atoms with Crippen LogP contribution in [0.1, 0.15) is 53.0 Å². The van der Waals surface area contributed by atoms with Crippen molar-refractivity contribution < 1.29 is 13.2 Å². The molecule has 3 aromatic heterocycles. The third-order valence-corrected chi connectivity index (χ3v) is 8.01. The molecule has 35 heavy (non-hydrogen) atoms. The average Bonchev–Trinajstić information content (AvgIpc) is 3.73. The fraction of sp³-hybridized carbons (Fsp3) is 0.269. The molecule has 1 aliphatic carbocycles. The zero-order chi connectivity index (χ0) is 24.6. The number of carbonyl (C=O) groups excluding carboxylic acids is 1. The third-order valence-electron chi connectivity index (χ3n) is 6.14. The summed E-state index contributed by atoms with van der Waals surface area (Å²) in [5, 5.41) is 3.70. The zero-order valence-corrected chi connectivity index (χ0v) is 20.3. The van der Waals surface area contributed by atoms with Crippen LogP contribution in [0.4, 0.5) is 0 Å². The van der Waals surface area contributed by atoms with Crippen molar-refractivity contribution in [1.82, 2.24) is 25.3 Å². The number of rotatable bonds is 7. The van der Waals surface area contributed by atoms with Gasteiger partial charge in [-0.15, -0.1) is 0 Å². The number of nitrogens with one attached hydrogen (secondary N) is 1. The Morgan fingerprint density at radius 3 is 2.63 bits per heavy atom. The van der Waals surface area contributed by atoms with Gasteiger partial charge in [0, 0.05) is 29.3 Å². The Labute approximate surface area is 203 Å². The first-order valence-electron chi connectivity index (χ1n) is 11.5. The van der Waals surface area contributed by atoms with E-state index in [1.54, 1.807) is 38.4 Å². The predicted octanol–water partition coefficient (Wildman–Crippen LogP) is 4.00. The molecular formula is C26H25N5O3S. The molecule has 0 bridgehead atoms. The van der Waals surface area contributed by atoms with E-state index in [9.17, 15) is 13.2 Å². The Hall–Kier alpha value is -3.72. The van der Waals surface area contributed by atoms with Gasteiger partial charge in [-0.2, -0.15) is 0 Å². The van der Waals surface area contributed by atoms with E-state index < -0.39 is 9.84 Å². The van der Waals surface area contributed by atoms with Crippen molar-refractivity contribution >= 4 is 26.6 Å². The summed E-state index contributed by atoms with van der Waals surface area (Å²) in [6, 6.07) is 10.4. The van der Waals surface area contributed by atoms with Gasteiger partial charge in [0.15, 0.2) is 9.84 Å². The second-order valence-corrected chi connectivity index (χ2v) is 11.0. The summed E-state index contributed by atoms with van der Waals surface area (Å²) in [6.45, 7) is 3.49. The first-order valence-corrected chi connectivity index (χ1v) is 13.2. The van der Waals surface area contributed by atoms with Gasteiger partial charge in [0.2, 0.25) is 0 Å². The molecule has 5 rings (SSSR count). The molecule has 0 spiro atoms. The van der Waals surface area contributed by atoms with Crippen molar-refractivity contribution in [3.05, 3.63) is 77.5 Å². The van der Waals surface area contributed by atoms with Crippen molar-refractivity contribution in [3.8, 4) is 11.4 Å². The molecule has 1 aromatic carbocycles. The van der Waals surface area contributed by atoms with Crippen molar-refractivity contribution in [3.63, 3.8) is 0 Å². The van der Waals surface area contributed by atoms with E-state index in [4.69, 9.17) is 9.97 Å². The molecule has 8 nitrogen and oxygen atoms in total. The first kappa shape index (κ1) is 23.0. The van der Waals surface area contributed by atoms with Crippen LogP contribution in [-0.4, -0.2) is 40.0 Å². The smallest absolute Gasteiger partial charge is 0.251 e. The minimum Gasteiger partial charge on any atom is -0.346 e. The number of fused-ring (bicyclic) bond motifs is 1. The summed E-state index contributed by atoms with van der Waals surface area (Å²) in [5.74, 6) is 0.119. The van der Waals surface area contributed by atoms with E-state index in [0.29, 0.717) is 17.2 Å². The highest BCUT2D eigenvalue weighted by Crippen LogP contribution is 2.39. The van der Waals surface area contributed by atoms with Gasteiger partial charge in [0.25, 0.3) is 5.91 Å². The summed E-state index contributed by atoms with van der Waals surface area (Å²) in [5.41, 5.74) is 4.77. The maximum Gasteiger partial charge on any atom is 0.251 e. The van der Waals surface area contributed by atoms with Crippen LogP contribution >= 0.6 is 0 Å². The number of benzene rings is 1. The summed E-state index contributed by atoms with van der Waals surface area (Å²) >= 11 is 0. The zero-order valence-electron chi connectivity index (χ0n) is 19.5. The molecule has 9 heteroatoms. The monoisotopic (exact) mass is 487 g/mol. The normalized spacial score (nSPS) is 13.7. The van der Waals surface area contributed by atoms with Crippen LogP contribution in [0.2, 0.25) is 0 Å². The SMILES string of the molecule is CCS(=O)(=O)c1cc(C(=O)NCc2cc3nc(-c4cncc(C5CC5)n4)ccc3cn2)ccc1C. The molecule has 1 amide bonds. The second kappa shape index (κ2) is 9.14. The summed E-state index contributed by atoms with van der Waals surface area (Å²) < 4.78 is 24.7. The van der Waals surface area contributed by atoms with E-state index in [0.717, 1.165) is 40.8 Å². The fourth-order valence-corrected chi connectivity index (χ4v) is 5.06. The number of pyridine rings is 2. The lowest BCUT2D eigenvalue weighted by Gasteiger charge is -2.10. The average molecular weight is 488 g/mol. The molecule has 1 N–H and O–H groups in total. The maximum absolute atomic E-state index is 12.7. The highest BCUT2D eigenvalue weighted by molar-refractivity contribution is 7.91. The number of hydrogen-bond donors (Lipinski definition) is 1. The van der Waals surface area contributed by atoms with Gasteiger partial charge in [-0.3, -0.25) is 14.8 Å². The van der Waals surface area contributed by atoms with Gasteiger partial charge in [-0.1, -0.05) is 13.0 Å². The maximum atomic E-state index is 12.7. The van der Waals surface area contributed by atoms with Crippen molar-refractivity contribution in [2.75, 3.05) is 5.75 Å². The van der Waals surface area contributed by atoms with Gasteiger partial charge in [-0.25, -0.2) is 18.4 Å². The quantitative estimate of drug-likeness (QED) is 0.419. The van der Waals surface area contributed by atoms with Crippen LogP contribution in [-0.2, 0) is 16.4 Å². The number of aryl methyl sites for hydroxylation is 1. The van der Waals surface area contributed by atoms with E-state index >= 15 is 0 Å². The van der Waals surface area contributed by atoms with Crippen LogP contribution in [0.3, 0.4) is 0 Å². The van der Waals surface area contributed by atoms with Crippen molar-refractivity contribution in [2.24, 2.45) is 0 Å². The van der Waals surface area contributed by atoms with Crippen LogP contribution in [0.15, 0.2) is 59.9 Å². The number of hydrogen-bond acceptors (Lipinski definition) is 7. The summed E-state index contributed by atoms with van der Waals surface area (Å²) in [6.07, 6.45) is 7.57. The van der Waals surface area contributed by atoms with Gasteiger partial charge in [0.1, 0.15) is 5.69 Å². The van der Waals surface area contributed by atoms with Gasteiger partial charge in [-0.05, 0) is 55.7 Å². The number of aromatic nitrogens is 4. The molecule has 0 radical (unpaired) electrons. The van der Waals surface area contributed by atoms with Gasteiger partial charge in [0.05, 0.1) is 46.0 Å². The van der Waals surface area contributed by atoms with E-state index in [2.05, 4.69) is 15.3 Å². The lowest BCUT2D eigenvalue weighted by Crippen LogP contribution is -2.23. The van der Waals surface area contributed by atoms with Crippen LogP contribution in [0, 0.1) is 6.92 Å². The minimum atomic E-state index is -3.42. The summed E-state index contributed by atoms with van der Waals surface area (Å²) in [7, 11) is -3.42. The molecular weight excluding hydrogens is 462 g/mol. The van der Waals surface area contributed by atoms with Gasteiger partial charge >= 0.3 is 0 Å².